The van der Waals surface area contributed by atoms with Gasteiger partial charge in [0.25, 0.3) is 11.8 Å². The van der Waals surface area contributed by atoms with E-state index < -0.39 is 36.2 Å². The second kappa shape index (κ2) is 8.03. The maximum atomic E-state index is 14.9. The molecule has 150 valence electrons. The van der Waals surface area contributed by atoms with E-state index in [2.05, 4.69) is 5.32 Å². The molecule has 6 nitrogen and oxygen atoms in total. The van der Waals surface area contributed by atoms with Gasteiger partial charge in [0, 0.05) is 12.5 Å². The molecule has 0 saturated heterocycles. The molecule has 29 heavy (non-hydrogen) atoms. The fourth-order valence-electron chi connectivity index (χ4n) is 3.96. The second-order valence-electron chi connectivity index (χ2n) is 7.33. The molecule has 3 atom stereocenters. The molecule has 4 rings (SSSR count). The van der Waals surface area contributed by atoms with Crippen molar-refractivity contribution in [2.24, 2.45) is 0 Å². The summed E-state index contributed by atoms with van der Waals surface area (Å²) < 4.78 is 20.1. The maximum absolute atomic E-state index is 14.9. The van der Waals surface area contributed by atoms with Crippen LogP contribution in [0.15, 0.2) is 54.6 Å². The van der Waals surface area contributed by atoms with Gasteiger partial charge in [0.05, 0.1) is 17.2 Å². The predicted molar refractivity (Wildman–Crippen MR) is 103 cm³/mol. The fraction of sp³-hybridized carbons (Fsp3) is 0.318. The van der Waals surface area contributed by atoms with Gasteiger partial charge in [-0.15, -0.1) is 0 Å². The summed E-state index contributed by atoms with van der Waals surface area (Å²) in [7, 11) is 0. The van der Waals surface area contributed by atoms with Gasteiger partial charge in [-0.2, -0.15) is 0 Å². The van der Waals surface area contributed by atoms with Gasteiger partial charge in [0.2, 0.25) is 0 Å². The van der Waals surface area contributed by atoms with Crippen molar-refractivity contribution >= 4 is 17.9 Å². The number of nitrogens with zero attached hydrogens (tertiary/aromatic N) is 1. The zero-order chi connectivity index (χ0) is 20.4. The Morgan fingerprint density at radius 2 is 1.62 bits per heavy atom. The highest BCUT2D eigenvalue weighted by atomic mass is 19.1. The van der Waals surface area contributed by atoms with Crippen LogP contribution in [0.5, 0.6) is 0 Å². The van der Waals surface area contributed by atoms with Crippen molar-refractivity contribution in [3.05, 3.63) is 71.3 Å². The van der Waals surface area contributed by atoms with Crippen LogP contribution in [-0.2, 0) is 11.3 Å². The van der Waals surface area contributed by atoms with E-state index in [-0.39, 0.29) is 19.4 Å². The third kappa shape index (κ3) is 3.85. The van der Waals surface area contributed by atoms with Crippen LogP contribution in [0.2, 0.25) is 0 Å². The van der Waals surface area contributed by atoms with Crippen LogP contribution in [-0.4, -0.2) is 41.1 Å². The minimum Gasteiger partial charge on any atom is -0.445 e. The lowest BCUT2D eigenvalue weighted by molar-refractivity contribution is 0.0378. The third-order valence-electron chi connectivity index (χ3n) is 5.43. The van der Waals surface area contributed by atoms with Gasteiger partial charge in [0.1, 0.15) is 12.8 Å². The molecule has 1 unspecified atom stereocenters. The molecule has 3 amide bonds. The first kappa shape index (κ1) is 19.1. The van der Waals surface area contributed by atoms with Crippen LogP contribution in [0, 0.1) is 0 Å². The van der Waals surface area contributed by atoms with Crippen LogP contribution in [0.1, 0.15) is 45.5 Å². The van der Waals surface area contributed by atoms with Crippen molar-refractivity contribution in [1.29, 1.82) is 0 Å². The Labute approximate surface area is 167 Å². The molecule has 2 aromatic rings. The van der Waals surface area contributed by atoms with Gasteiger partial charge >= 0.3 is 6.09 Å². The number of amides is 3. The minimum absolute atomic E-state index is 0.0263. The molecule has 1 aliphatic carbocycles. The number of alkyl carbamates (subject to hydrolysis) is 1. The summed E-state index contributed by atoms with van der Waals surface area (Å²) in [6.45, 7) is 0.135. The Bertz CT molecular complexity index is 898. The highest BCUT2D eigenvalue weighted by molar-refractivity contribution is 6.21. The minimum atomic E-state index is -1.41. The number of hydrogen-bond acceptors (Lipinski definition) is 4. The molecule has 0 bridgehead atoms. The molecule has 0 aromatic heterocycles. The zero-order valence-corrected chi connectivity index (χ0v) is 15.7. The fourth-order valence-corrected chi connectivity index (χ4v) is 3.96. The van der Waals surface area contributed by atoms with Gasteiger partial charge in [-0.05, 0) is 30.5 Å². The Morgan fingerprint density at radius 3 is 2.24 bits per heavy atom. The highest BCUT2D eigenvalue weighted by Crippen LogP contribution is 2.32. The van der Waals surface area contributed by atoms with Gasteiger partial charge in [-0.3, -0.25) is 14.5 Å². The Balaban J connectivity index is 1.32. The molecule has 1 aliphatic heterocycles. The molecule has 0 spiro atoms. The van der Waals surface area contributed by atoms with E-state index >= 15 is 0 Å². The topological polar surface area (TPSA) is 75.7 Å². The zero-order valence-electron chi connectivity index (χ0n) is 15.7. The average Bonchev–Trinajstić information content (AvgIpc) is 2.98. The first-order valence-corrected chi connectivity index (χ1v) is 9.63. The molecule has 2 aliphatic rings. The molecule has 1 N–H and O–H groups in total. The number of fused-ring (bicyclic) bond motifs is 1. The van der Waals surface area contributed by atoms with Gasteiger partial charge < -0.3 is 10.1 Å². The normalized spacial score (nSPS) is 23.6. The van der Waals surface area contributed by atoms with E-state index in [9.17, 15) is 18.8 Å². The molecule has 1 saturated carbocycles. The summed E-state index contributed by atoms with van der Waals surface area (Å²) in [6.07, 6.45) is -1.25. The number of hydrogen-bond donors (Lipinski definition) is 1. The third-order valence-corrected chi connectivity index (χ3v) is 5.43. The Morgan fingerprint density at radius 1 is 1.00 bits per heavy atom. The van der Waals surface area contributed by atoms with Crippen molar-refractivity contribution < 1.29 is 23.5 Å². The standard InChI is InChI=1S/C22H21FN2O4/c23-18-12-15(24-22(28)29-13-14-6-2-1-3-7-14)10-11-19(18)25-20(26)16-8-4-5-9-17(16)21(25)27/h1-9,15,18-19H,10-13H2,(H,24,28)/t15-,18+,19?/m1/s1. The Kier molecular flexibility index (Phi) is 5.29. The molecule has 1 heterocycles. The van der Waals surface area contributed by atoms with Crippen LogP contribution in [0.25, 0.3) is 0 Å². The van der Waals surface area contributed by atoms with Crippen LogP contribution in [0.4, 0.5) is 9.18 Å². The van der Waals surface area contributed by atoms with E-state index in [0.29, 0.717) is 17.5 Å². The molecule has 7 heteroatoms. The number of carbonyl (C=O) groups excluding carboxylic acids is 3. The molecule has 2 aromatic carbocycles. The van der Waals surface area contributed by atoms with Crippen molar-refractivity contribution in [1.82, 2.24) is 10.2 Å². The molecular weight excluding hydrogens is 375 g/mol. The largest absolute Gasteiger partial charge is 0.445 e. The highest BCUT2D eigenvalue weighted by Gasteiger charge is 2.45. The summed E-state index contributed by atoms with van der Waals surface area (Å²) in [6, 6.07) is 14.6. The maximum Gasteiger partial charge on any atom is 0.407 e. The van der Waals surface area contributed by atoms with Crippen molar-refractivity contribution in [2.45, 2.75) is 44.1 Å². The molecular formula is C22H21FN2O4. The lowest BCUT2D eigenvalue weighted by atomic mass is 9.88. The number of imide groups is 1. The summed E-state index contributed by atoms with van der Waals surface area (Å²) in [5.41, 5.74) is 1.49. The van der Waals surface area contributed by atoms with Gasteiger partial charge in [0.15, 0.2) is 0 Å². The Hall–Kier alpha value is -3.22. The summed E-state index contributed by atoms with van der Waals surface area (Å²) >= 11 is 0. The monoisotopic (exact) mass is 396 g/mol. The molecule has 0 radical (unpaired) electrons. The van der Waals surface area contributed by atoms with E-state index in [0.717, 1.165) is 10.5 Å². The number of alkyl halides is 1. The van der Waals surface area contributed by atoms with Crippen molar-refractivity contribution in [2.75, 3.05) is 0 Å². The second-order valence-corrected chi connectivity index (χ2v) is 7.33. The summed E-state index contributed by atoms with van der Waals surface area (Å²) in [5, 5.41) is 2.68. The number of carbonyl (C=O) groups is 3. The summed E-state index contributed by atoms with van der Waals surface area (Å²) in [4.78, 5) is 38.2. The van der Waals surface area contributed by atoms with Crippen LogP contribution >= 0.6 is 0 Å². The van der Waals surface area contributed by atoms with E-state index in [1.165, 1.54) is 0 Å². The SMILES string of the molecule is O=C(N[C@@H]1CCC(N2C(=O)c3ccccc3C2=O)[C@@H](F)C1)OCc1ccccc1. The summed E-state index contributed by atoms with van der Waals surface area (Å²) in [5.74, 6) is -0.904. The smallest absolute Gasteiger partial charge is 0.407 e. The van der Waals surface area contributed by atoms with Crippen molar-refractivity contribution in [3.8, 4) is 0 Å². The first-order chi connectivity index (χ1) is 14.0. The van der Waals surface area contributed by atoms with Gasteiger partial charge in [-0.1, -0.05) is 42.5 Å². The number of halogens is 1. The predicted octanol–water partition coefficient (Wildman–Crippen LogP) is 3.47. The first-order valence-electron chi connectivity index (χ1n) is 9.63. The average molecular weight is 396 g/mol. The van der Waals surface area contributed by atoms with Gasteiger partial charge in [-0.25, -0.2) is 9.18 Å². The number of rotatable bonds is 4. The van der Waals surface area contributed by atoms with E-state index in [1.54, 1.807) is 24.3 Å². The van der Waals surface area contributed by atoms with E-state index in [4.69, 9.17) is 4.74 Å². The molecule has 1 fully saturated rings. The lowest BCUT2D eigenvalue weighted by Crippen LogP contribution is -2.52. The lowest BCUT2D eigenvalue weighted by Gasteiger charge is -2.36. The number of nitrogens with one attached hydrogen (secondary N) is 1. The van der Waals surface area contributed by atoms with Crippen LogP contribution in [0.3, 0.4) is 0 Å². The van der Waals surface area contributed by atoms with E-state index in [1.807, 2.05) is 30.3 Å². The number of benzene rings is 2. The number of ether oxygens (including phenoxy) is 1. The van der Waals surface area contributed by atoms with Crippen LogP contribution < -0.4 is 5.32 Å². The van der Waals surface area contributed by atoms with Crippen molar-refractivity contribution in [3.63, 3.8) is 0 Å². The quantitative estimate of drug-likeness (QED) is 0.803.